The van der Waals surface area contributed by atoms with Crippen LogP contribution in [0.15, 0.2) is 107 Å². The van der Waals surface area contributed by atoms with Gasteiger partial charge in [0.25, 0.3) is 5.56 Å². The van der Waals surface area contributed by atoms with Crippen LogP contribution in [-0.4, -0.2) is 35.7 Å². The minimum absolute atomic E-state index is 0.417. The van der Waals surface area contributed by atoms with Gasteiger partial charge >= 0.3 is 5.69 Å². The summed E-state index contributed by atoms with van der Waals surface area (Å²) >= 11 is 0. The highest BCUT2D eigenvalue weighted by molar-refractivity contribution is 5.54. The maximum Gasteiger partial charge on any atom is 0.330 e. The Morgan fingerprint density at radius 3 is 1.79 bits per heavy atom. The Morgan fingerprint density at radius 2 is 1.33 bits per heavy atom. The molecule has 5 rings (SSSR count). The molecule has 0 bridgehead atoms. The number of hydrogen-bond acceptors (Lipinski definition) is 6. The molecule has 1 aliphatic heterocycles. The number of hydrogen-bond donors (Lipinski definition) is 1. The average molecular weight is 529 g/mol. The minimum Gasteiger partial charge on any atom is -0.349 e. The fraction of sp³-hybridized carbons (Fsp3) is 0.290. The van der Waals surface area contributed by atoms with Crippen molar-refractivity contribution < 1.29 is 19.2 Å². The predicted molar refractivity (Wildman–Crippen MR) is 146 cm³/mol. The Kier molecular flexibility index (Phi) is 7.63. The third-order valence-electron chi connectivity index (χ3n) is 7.53. The minimum atomic E-state index is -1.54. The third kappa shape index (κ3) is 4.45. The number of nitrogens with one attached hydrogen (secondary N) is 1. The van der Waals surface area contributed by atoms with Crippen LogP contribution in [0.1, 0.15) is 41.3 Å². The second-order valence-electron chi connectivity index (χ2n) is 9.61. The maximum atomic E-state index is 12.7. The molecule has 8 heteroatoms. The Bertz CT molecular complexity index is 1410. The summed E-state index contributed by atoms with van der Waals surface area (Å²) in [5.74, 6) is -1.54. The van der Waals surface area contributed by atoms with Gasteiger partial charge in [0, 0.05) is 18.9 Å². The van der Waals surface area contributed by atoms with Crippen molar-refractivity contribution in [1.82, 2.24) is 9.55 Å². The van der Waals surface area contributed by atoms with Crippen molar-refractivity contribution in [2.24, 2.45) is 0 Å². The molecule has 0 saturated carbocycles. The molecule has 3 aromatic carbocycles. The molecular weight excluding hydrogens is 496 g/mol. The van der Waals surface area contributed by atoms with E-state index in [9.17, 15) is 9.59 Å². The zero-order valence-corrected chi connectivity index (χ0v) is 22.2. The quantitative estimate of drug-likeness (QED) is 0.149. The van der Waals surface area contributed by atoms with Gasteiger partial charge in [-0.1, -0.05) is 91.0 Å². The number of aryl methyl sites for hydroxylation is 1. The number of benzene rings is 3. The van der Waals surface area contributed by atoms with E-state index < -0.39 is 34.8 Å². The SMILES string of the molecule is COO[C@@](OC)([C@@H]1CC[C@H](n2cc(C)c(=O)[nH]c2=O)O1)C(c1ccccc1)(c1ccccc1)c1ccccc1. The number of rotatable bonds is 9. The normalized spacial score (nSPS) is 19.1. The molecular formula is C31H32N2O6. The van der Waals surface area contributed by atoms with Crippen molar-refractivity contribution in [3.63, 3.8) is 0 Å². The van der Waals surface area contributed by atoms with Crippen molar-refractivity contribution >= 4 is 0 Å². The molecule has 1 N–H and O–H groups in total. The number of nitrogens with zero attached hydrogens (tertiary/aromatic N) is 1. The molecule has 2 heterocycles. The highest BCUT2D eigenvalue weighted by Crippen LogP contribution is 2.54. The number of aromatic amines is 1. The summed E-state index contributed by atoms with van der Waals surface area (Å²) in [7, 11) is 3.03. The van der Waals surface area contributed by atoms with E-state index in [1.54, 1.807) is 14.0 Å². The van der Waals surface area contributed by atoms with Gasteiger partial charge < -0.3 is 9.47 Å². The van der Waals surface area contributed by atoms with Gasteiger partial charge in [-0.05, 0) is 36.5 Å². The molecule has 1 saturated heterocycles. The summed E-state index contributed by atoms with van der Waals surface area (Å²) in [5.41, 5.74) is 1.12. The molecule has 4 aromatic rings. The first-order chi connectivity index (χ1) is 19.0. The summed E-state index contributed by atoms with van der Waals surface area (Å²) < 4.78 is 14.5. The molecule has 1 aromatic heterocycles. The summed E-state index contributed by atoms with van der Waals surface area (Å²) in [5, 5.41) is 0. The largest absolute Gasteiger partial charge is 0.349 e. The van der Waals surface area contributed by atoms with Crippen LogP contribution in [0.5, 0.6) is 0 Å². The Labute approximate surface area is 226 Å². The number of methoxy groups -OCH3 is 1. The van der Waals surface area contributed by atoms with Crippen LogP contribution < -0.4 is 11.2 Å². The highest BCUT2D eigenvalue weighted by Gasteiger charge is 2.64. The monoisotopic (exact) mass is 528 g/mol. The maximum absolute atomic E-state index is 12.7. The number of aromatic nitrogens is 2. The van der Waals surface area contributed by atoms with E-state index in [0.717, 1.165) is 16.7 Å². The molecule has 39 heavy (non-hydrogen) atoms. The van der Waals surface area contributed by atoms with Gasteiger partial charge in [-0.25, -0.2) is 9.68 Å². The molecule has 1 aliphatic rings. The van der Waals surface area contributed by atoms with Gasteiger partial charge in [-0.15, -0.1) is 0 Å². The van der Waals surface area contributed by atoms with Crippen LogP contribution in [0, 0.1) is 6.92 Å². The van der Waals surface area contributed by atoms with Crippen molar-refractivity contribution in [1.29, 1.82) is 0 Å². The topological polar surface area (TPSA) is 91.8 Å². The molecule has 1 fully saturated rings. The Morgan fingerprint density at radius 1 is 0.821 bits per heavy atom. The van der Waals surface area contributed by atoms with E-state index in [1.807, 2.05) is 91.0 Å². The van der Waals surface area contributed by atoms with Gasteiger partial charge in [0.1, 0.15) is 17.7 Å². The summed E-state index contributed by atoms with van der Waals surface area (Å²) in [6, 6.07) is 30.0. The Balaban J connectivity index is 1.76. The fourth-order valence-corrected chi connectivity index (χ4v) is 5.87. The van der Waals surface area contributed by atoms with E-state index >= 15 is 0 Å². The lowest BCUT2D eigenvalue weighted by Crippen LogP contribution is -2.63. The van der Waals surface area contributed by atoms with E-state index in [1.165, 1.54) is 17.9 Å². The van der Waals surface area contributed by atoms with Crippen LogP contribution in [0.25, 0.3) is 0 Å². The summed E-state index contributed by atoms with van der Waals surface area (Å²) in [6.07, 6.45) is 1.17. The fourth-order valence-electron chi connectivity index (χ4n) is 5.87. The van der Waals surface area contributed by atoms with Crippen LogP contribution in [-0.2, 0) is 24.7 Å². The first kappa shape index (κ1) is 26.8. The molecule has 202 valence electrons. The van der Waals surface area contributed by atoms with Gasteiger partial charge in [0.15, 0.2) is 0 Å². The second-order valence-corrected chi connectivity index (χ2v) is 9.61. The van der Waals surface area contributed by atoms with Crippen molar-refractivity contribution in [2.75, 3.05) is 14.2 Å². The van der Waals surface area contributed by atoms with E-state index in [4.69, 9.17) is 19.2 Å². The van der Waals surface area contributed by atoms with Crippen LogP contribution in [0.2, 0.25) is 0 Å². The molecule has 3 atom stereocenters. The van der Waals surface area contributed by atoms with E-state index in [-0.39, 0.29) is 0 Å². The number of H-pyrrole nitrogens is 1. The summed E-state index contributed by atoms with van der Waals surface area (Å²) in [4.78, 5) is 38.8. The van der Waals surface area contributed by atoms with Crippen LogP contribution in [0.3, 0.4) is 0 Å². The standard InChI is InChI=1S/C31H32N2O6/c1-22-21-33(29(35)32-28(22)34)27-20-19-26(38-27)31(36-2,39-37-3)30(23-13-7-4-8-14-23,24-15-9-5-10-16-24)25-17-11-6-12-18-25/h4-18,21,26-27H,19-20H2,1-3H3,(H,32,34,35)/t26-,27+,31-/m0/s1. The zero-order valence-electron chi connectivity index (χ0n) is 22.2. The molecule has 0 amide bonds. The molecule has 0 aliphatic carbocycles. The van der Waals surface area contributed by atoms with Crippen molar-refractivity contribution in [3.8, 4) is 0 Å². The lowest BCUT2D eigenvalue weighted by Gasteiger charge is -2.51. The first-order valence-electron chi connectivity index (χ1n) is 12.9. The highest BCUT2D eigenvalue weighted by atomic mass is 17.2. The van der Waals surface area contributed by atoms with Crippen molar-refractivity contribution in [3.05, 3.63) is 140 Å². The lowest BCUT2D eigenvalue weighted by molar-refractivity contribution is -0.448. The van der Waals surface area contributed by atoms with Gasteiger partial charge in [-0.3, -0.25) is 14.3 Å². The smallest absolute Gasteiger partial charge is 0.330 e. The van der Waals surface area contributed by atoms with E-state index in [2.05, 4.69) is 4.98 Å². The lowest BCUT2D eigenvalue weighted by atomic mass is 9.62. The zero-order chi connectivity index (χ0) is 27.5. The molecule has 0 spiro atoms. The summed E-state index contributed by atoms with van der Waals surface area (Å²) in [6.45, 7) is 1.65. The first-order valence-corrected chi connectivity index (χ1v) is 12.9. The van der Waals surface area contributed by atoms with Gasteiger partial charge in [-0.2, -0.15) is 4.89 Å². The molecule has 8 nitrogen and oxygen atoms in total. The van der Waals surface area contributed by atoms with E-state index in [0.29, 0.717) is 18.4 Å². The van der Waals surface area contributed by atoms with Crippen molar-refractivity contribution in [2.45, 2.75) is 43.3 Å². The molecule has 0 unspecified atom stereocenters. The van der Waals surface area contributed by atoms with Crippen LogP contribution >= 0.6 is 0 Å². The Hall–Kier alpha value is -3.82. The van der Waals surface area contributed by atoms with Gasteiger partial charge in [0.2, 0.25) is 5.79 Å². The average Bonchev–Trinajstić information content (AvgIpc) is 3.47. The molecule has 0 radical (unpaired) electrons. The predicted octanol–water partition coefficient (Wildman–Crippen LogP) is 4.48. The van der Waals surface area contributed by atoms with Gasteiger partial charge in [0.05, 0.1) is 7.11 Å². The third-order valence-corrected chi connectivity index (χ3v) is 7.53. The second kappa shape index (κ2) is 11.1. The number of ether oxygens (including phenoxy) is 2. The van der Waals surface area contributed by atoms with Crippen LogP contribution in [0.4, 0.5) is 0 Å².